The lowest BCUT2D eigenvalue weighted by Crippen LogP contribution is -2.50. The molecule has 2 aromatic carbocycles. The average Bonchev–Trinajstić information content (AvgIpc) is 3.57. The third kappa shape index (κ3) is 5.56. The number of hydrogen-bond donors (Lipinski definition) is 1. The van der Waals surface area contributed by atoms with Crippen LogP contribution in [0.4, 0.5) is 20.4 Å². The Labute approximate surface area is 228 Å². The van der Waals surface area contributed by atoms with Gasteiger partial charge in [0, 0.05) is 31.5 Å². The number of nitrogens with zero attached hydrogens (tertiary/aromatic N) is 4. The van der Waals surface area contributed by atoms with Gasteiger partial charge in [0.05, 0.1) is 40.0 Å². The SMILES string of the molecule is Cc1cccc(-n2c(NC(=O)c3ccc(C(F)F)s3)nc3cc(N(C)C(=O)[C@H](C)N4CCOCC4)ccc32)c1. The van der Waals surface area contributed by atoms with E-state index in [-0.39, 0.29) is 27.7 Å². The fourth-order valence-electron chi connectivity index (χ4n) is 4.67. The van der Waals surface area contributed by atoms with Crippen LogP contribution >= 0.6 is 11.3 Å². The highest BCUT2D eigenvalue weighted by atomic mass is 32.1. The molecule has 0 saturated carbocycles. The van der Waals surface area contributed by atoms with Gasteiger partial charge in [-0.15, -0.1) is 11.3 Å². The summed E-state index contributed by atoms with van der Waals surface area (Å²) < 4.78 is 33.4. The number of benzene rings is 2. The number of fused-ring (bicyclic) bond motifs is 1. The van der Waals surface area contributed by atoms with E-state index in [2.05, 4.69) is 15.2 Å². The smallest absolute Gasteiger partial charge is 0.272 e. The number of rotatable bonds is 7. The normalized spacial score (nSPS) is 15.0. The number of ether oxygens (including phenoxy) is 1. The van der Waals surface area contributed by atoms with Gasteiger partial charge in [-0.2, -0.15) is 0 Å². The monoisotopic (exact) mass is 553 g/mol. The molecule has 204 valence electrons. The first kappa shape index (κ1) is 26.9. The number of aryl methyl sites for hydroxylation is 1. The number of carbonyl (C=O) groups excluding carboxylic acids is 2. The molecule has 8 nitrogen and oxygen atoms in total. The van der Waals surface area contributed by atoms with Gasteiger partial charge in [0.25, 0.3) is 12.3 Å². The molecule has 0 unspecified atom stereocenters. The van der Waals surface area contributed by atoms with Crippen molar-refractivity contribution in [2.45, 2.75) is 26.3 Å². The number of morpholine rings is 1. The summed E-state index contributed by atoms with van der Waals surface area (Å²) in [5.41, 5.74) is 3.76. The second-order valence-electron chi connectivity index (χ2n) is 9.46. The van der Waals surface area contributed by atoms with E-state index >= 15 is 0 Å². The second kappa shape index (κ2) is 11.2. The number of alkyl halides is 2. The molecule has 3 heterocycles. The van der Waals surface area contributed by atoms with Crippen LogP contribution < -0.4 is 10.2 Å². The third-order valence-electron chi connectivity index (χ3n) is 6.86. The van der Waals surface area contributed by atoms with Crippen LogP contribution in [0, 0.1) is 6.92 Å². The fraction of sp³-hybridized carbons (Fsp3) is 0.321. The summed E-state index contributed by atoms with van der Waals surface area (Å²) in [7, 11) is 1.73. The Morgan fingerprint density at radius 1 is 1.10 bits per heavy atom. The van der Waals surface area contributed by atoms with Crippen molar-refractivity contribution in [3.63, 3.8) is 0 Å². The molecule has 1 fully saturated rings. The number of amides is 2. The fourth-order valence-corrected chi connectivity index (χ4v) is 5.43. The van der Waals surface area contributed by atoms with Gasteiger partial charge in [-0.3, -0.25) is 24.4 Å². The molecule has 0 spiro atoms. The lowest BCUT2D eigenvalue weighted by atomic mass is 10.2. The van der Waals surface area contributed by atoms with Gasteiger partial charge in [-0.1, -0.05) is 12.1 Å². The Balaban J connectivity index is 1.49. The quantitative estimate of drug-likeness (QED) is 0.337. The summed E-state index contributed by atoms with van der Waals surface area (Å²) in [5, 5.41) is 2.80. The van der Waals surface area contributed by atoms with E-state index in [0.29, 0.717) is 37.5 Å². The molecule has 1 saturated heterocycles. The van der Waals surface area contributed by atoms with Crippen LogP contribution in [-0.2, 0) is 9.53 Å². The van der Waals surface area contributed by atoms with Crippen molar-refractivity contribution < 1.29 is 23.1 Å². The Morgan fingerprint density at radius 3 is 2.56 bits per heavy atom. The Bertz CT molecular complexity index is 1510. The molecule has 1 aliphatic rings. The standard InChI is InChI=1S/C28H29F2N5O3S/c1-17-5-4-6-20(15-17)35-22-8-7-19(33(3)27(37)18(2)34-11-13-38-14-12-34)16-21(22)31-28(35)32-26(36)24-10-9-23(39-24)25(29)30/h4-10,15-16,18,25H,11-14H2,1-3H3,(H,31,32,36)/t18-/m0/s1. The van der Waals surface area contributed by atoms with Crippen molar-refractivity contribution in [3.8, 4) is 5.69 Å². The Morgan fingerprint density at radius 2 is 1.87 bits per heavy atom. The van der Waals surface area contributed by atoms with Crippen LogP contribution in [0.3, 0.4) is 0 Å². The first-order valence-corrected chi connectivity index (χ1v) is 13.4. The average molecular weight is 554 g/mol. The van der Waals surface area contributed by atoms with Crippen molar-refractivity contribution in [1.82, 2.24) is 14.5 Å². The van der Waals surface area contributed by atoms with Gasteiger partial charge >= 0.3 is 0 Å². The topological polar surface area (TPSA) is 79.7 Å². The summed E-state index contributed by atoms with van der Waals surface area (Å²) in [6.45, 7) is 6.47. The van der Waals surface area contributed by atoms with Crippen molar-refractivity contribution >= 4 is 45.8 Å². The lowest BCUT2D eigenvalue weighted by molar-refractivity contribution is -0.124. The predicted octanol–water partition coefficient (Wildman–Crippen LogP) is 5.27. The van der Waals surface area contributed by atoms with Gasteiger partial charge in [-0.05, 0) is 61.9 Å². The van der Waals surface area contributed by atoms with Crippen molar-refractivity contribution in [1.29, 1.82) is 0 Å². The molecule has 4 aromatic rings. The van der Waals surface area contributed by atoms with Crippen molar-refractivity contribution in [2.75, 3.05) is 43.6 Å². The number of carbonyl (C=O) groups is 2. The molecule has 1 N–H and O–H groups in total. The second-order valence-corrected chi connectivity index (χ2v) is 10.6. The number of likely N-dealkylation sites (N-methyl/N-ethyl adjacent to an activating group) is 1. The predicted molar refractivity (Wildman–Crippen MR) is 148 cm³/mol. The number of hydrogen-bond acceptors (Lipinski definition) is 6. The highest BCUT2D eigenvalue weighted by Crippen LogP contribution is 2.31. The first-order chi connectivity index (χ1) is 18.7. The van der Waals surface area contributed by atoms with Crippen LogP contribution in [0.1, 0.15) is 33.5 Å². The van der Waals surface area contributed by atoms with Crippen LogP contribution in [0.2, 0.25) is 0 Å². The largest absolute Gasteiger partial charge is 0.379 e. The summed E-state index contributed by atoms with van der Waals surface area (Å²) >= 11 is 0.748. The van der Waals surface area contributed by atoms with Crippen LogP contribution in [0.15, 0.2) is 54.6 Å². The van der Waals surface area contributed by atoms with Crippen molar-refractivity contribution in [3.05, 3.63) is 69.9 Å². The molecule has 0 aliphatic carbocycles. The molecule has 1 atom stereocenters. The molecular formula is C28H29F2N5O3S. The maximum absolute atomic E-state index is 13.3. The lowest BCUT2D eigenvalue weighted by Gasteiger charge is -2.33. The summed E-state index contributed by atoms with van der Waals surface area (Å²) in [6.07, 6.45) is -2.64. The number of aromatic nitrogens is 2. The van der Waals surface area contributed by atoms with E-state index in [1.54, 1.807) is 18.0 Å². The summed E-state index contributed by atoms with van der Waals surface area (Å²) in [6, 6.07) is 15.6. The molecule has 39 heavy (non-hydrogen) atoms. The van der Waals surface area contributed by atoms with E-state index in [4.69, 9.17) is 4.74 Å². The molecule has 2 amide bonds. The van der Waals surface area contributed by atoms with Gasteiger partial charge in [0.2, 0.25) is 11.9 Å². The summed E-state index contributed by atoms with van der Waals surface area (Å²) in [4.78, 5) is 34.7. The van der Waals surface area contributed by atoms with E-state index in [1.807, 2.05) is 54.8 Å². The van der Waals surface area contributed by atoms with Crippen LogP contribution in [-0.4, -0.2) is 65.7 Å². The molecule has 11 heteroatoms. The number of halogens is 2. The zero-order chi connectivity index (χ0) is 27.7. The number of anilines is 2. The zero-order valence-electron chi connectivity index (χ0n) is 21.9. The number of nitrogens with one attached hydrogen (secondary N) is 1. The third-order valence-corrected chi connectivity index (χ3v) is 7.95. The van der Waals surface area contributed by atoms with E-state index in [0.717, 1.165) is 28.1 Å². The highest BCUT2D eigenvalue weighted by molar-refractivity contribution is 7.14. The molecule has 1 aliphatic heterocycles. The van der Waals surface area contributed by atoms with E-state index in [1.165, 1.54) is 12.1 Å². The van der Waals surface area contributed by atoms with Crippen LogP contribution in [0.25, 0.3) is 16.7 Å². The minimum atomic E-state index is -2.64. The number of thiophene rings is 1. The van der Waals surface area contributed by atoms with Gasteiger partial charge in [0.15, 0.2) is 0 Å². The zero-order valence-corrected chi connectivity index (χ0v) is 22.7. The van der Waals surface area contributed by atoms with E-state index < -0.39 is 12.3 Å². The van der Waals surface area contributed by atoms with Gasteiger partial charge in [0.1, 0.15) is 0 Å². The number of imidazole rings is 1. The minimum Gasteiger partial charge on any atom is -0.379 e. The first-order valence-electron chi connectivity index (χ1n) is 12.6. The Hall–Kier alpha value is -3.67. The maximum Gasteiger partial charge on any atom is 0.272 e. The molecule has 5 rings (SSSR count). The summed E-state index contributed by atoms with van der Waals surface area (Å²) in [5.74, 6) is -0.321. The van der Waals surface area contributed by atoms with Crippen LogP contribution in [0.5, 0.6) is 0 Å². The molecule has 0 bridgehead atoms. The maximum atomic E-state index is 13.3. The molecule has 2 aromatic heterocycles. The molecule has 0 radical (unpaired) electrons. The van der Waals surface area contributed by atoms with Crippen molar-refractivity contribution in [2.24, 2.45) is 0 Å². The van der Waals surface area contributed by atoms with Gasteiger partial charge in [-0.25, -0.2) is 13.8 Å². The van der Waals surface area contributed by atoms with Gasteiger partial charge < -0.3 is 9.64 Å². The highest BCUT2D eigenvalue weighted by Gasteiger charge is 2.27. The molecular weight excluding hydrogens is 524 g/mol. The Kier molecular flexibility index (Phi) is 7.74. The van der Waals surface area contributed by atoms with E-state index in [9.17, 15) is 18.4 Å². The minimum absolute atomic E-state index is 0.0459.